The Bertz CT molecular complexity index is 277. The summed E-state index contributed by atoms with van der Waals surface area (Å²) in [5.41, 5.74) is -0.759. The first kappa shape index (κ1) is 8.99. The van der Waals surface area contributed by atoms with E-state index in [0.717, 1.165) is 18.2 Å². The molecule has 12 heavy (non-hydrogen) atoms. The second kappa shape index (κ2) is 3.10. The molecule has 1 heterocycles. The van der Waals surface area contributed by atoms with E-state index in [1.54, 1.807) is 0 Å². The SMILES string of the molecule is OCC(F)(F)c1cccc(F)n1. The number of hydrogen-bond acceptors (Lipinski definition) is 2. The van der Waals surface area contributed by atoms with Crippen LogP contribution in [0.15, 0.2) is 18.2 Å². The topological polar surface area (TPSA) is 33.1 Å². The van der Waals surface area contributed by atoms with Crippen molar-refractivity contribution in [3.05, 3.63) is 29.8 Å². The summed E-state index contributed by atoms with van der Waals surface area (Å²) < 4.78 is 37.5. The molecule has 0 radical (unpaired) electrons. The van der Waals surface area contributed by atoms with Crippen LogP contribution < -0.4 is 0 Å². The number of alkyl halides is 2. The first-order chi connectivity index (χ1) is 5.56. The van der Waals surface area contributed by atoms with Gasteiger partial charge in [0.1, 0.15) is 12.3 Å². The third kappa shape index (κ3) is 1.73. The van der Waals surface area contributed by atoms with Gasteiger partial charge in [0.25, 0.3) is 0 Å². The minimum absolute atomic E-state index is 0.759. The van der Waals surface area contributed by atoms with E-state index in [1.165, 1.54) is 0 Å². The van der Waals surface area contributed by atoms with Crippen LogP contribution in [0.5, 0.6) is 0 Å². The zero-order valence-electron chi connectivity index (χ0n) is 5.97. The lowest BCUT2D eigenvalue weighted by atomic mass is 10.2. The van der Waals surface area contributed by atoms with Gasteiger partial charge in [0.2, 0.25) is 5.95 Å². The third-order valence-electron chi connectivity index (χ3n) is 1.29. The van der Waals surface area contributed by atoms with Crippen molar-refractivity contribution in [2.75, 3.05) is 6.61 Å². The zero-order valence-corrected chi connectivity index (χ0v) is 5.97. The first-order valence-corrected chi connectivity index (χ1v) is 3.18. The minimum Gasteiger partial charge on any atom is -0.390 e. The fourth-order valence-electron chi connectivity index (χ4n) is 0.693. The summed E-state index contributed by atoms with van der Waals surface area (Å²) in [7, 11) is 0. The van der Waals surface area contributed by atoms with Crippen molar-refractivity contribution in [2.45, 2.75) is 5.92 Å². The van der Waals surface area contributed by atoms with Crippen molar-refractivity contribution >= 4 is 0 Å². The zero-order chi connectivity index (χ0) is 9.19. The van der Waals surface area contributed by atoms with Crippen LogP contribution >= 0.6 is 0 Å². The second-order valence-corrected chi connectivity index (χ2v) is 2.21. The predicted octanol–water partition coefficient (Wildman–Crippen LogP) is 1.30. The standard InChI is InChI=1S/C7H6F3NO/c8-6-3-1-2-5(11-6)7(9,10)4-12/h1-3,12H,4H2. The number of rotatable bonds is 2. The fraction of sp³-hybridized carbons (Fsp3) is 0.286. The van der Waals surface area contributed by atoms with E-state index in [0.29, 0.717) is 0 Å². The summed E-state index contributed by atoms with van der Waals surface area (Å²) in [6.45, 7) is -1.37. The molecule has 0 aromatic carbocycles. The van der Waals surface area contributed by atoms with Crippen LogP contribution in [-0.2, 0) is 5.92 Å². The number of halogens is 3. The number of nitrogens with zero attached hydrogens (tertiary/aromatic N) is 1. The molecule has 0 aliphatic carbocycles. The van der Waals surface area contributed by atoms with Gasteiger partial charge in [0, 0.05) is 0 Å². The second-order valence-electron chi connectivity index (χ2n) is 2.21. The van der Waals surface area contributed by atoms with Gasteiger partial charge in [-0.25, -0.2) is 4.98 Å². The summed E-state index contributed by atoms with van der Waals surface area (Å²) in [6.07, 6.45) is 0. The van der Waals surface area contributed by atoms with E-state index in [9.17, 15) is 13.2 Å². The molecule has 0 saturated heterocycles. The highest BCUT2D eigenvalue weighted by molar-refractivity contribution is 5.10. The van der Waals surface area contributed by atoms with Crippen molar-refractivity contribution in [1.29, 1.82) is 0 Å². The van der Waals surface area contributed by atoms with E-state index in [4.69, 9.17) is 5.11 Å². The number of pyridine rings is 1. The lowest BCUT2D eigenvalue weighted by Crippen LogP contribution is -2.20. The predicted molar refractivity (Wildman–Crippen MR) is 35.2 cm³/mol. The Labute approximate surface area is 66.7 Å². The lowest BCUT2D eigenvalue weighted by molar-refractivity contribution is -0.0597. The van der Waals surface area contributed by atoms with Crippen molar-refractivity contribution in [3.8, 4) is 0 Å². The van der Waals surface area contributed by atoms with E-state index in [-0.39, 0.29) is 0 Å². The van der Waals surface area contributed by atoms with Gasteiger partial charge < -0.3 is 5.11 Å². The molecule has 1 aromatic heterocycles. The van der Waals surface area contributed by atoms with E-state index >= 15 is 0 Å². The van der Waals surface area contributed by atoms with Gasteiger partial charge in [-0.1, -0.05) is 6.07 Å². The molecule has 2 nitrogen and oxygen atoms in total. The summed E-state index contributed by atoms with van der Waals surface area (Å²) in [5.74, 6) is -4.46. The van der Waals surface area contributed by atoms with Crippen molar-refractivity contribution in [2.24, 2.45) is 0 Å². The summed E-state index contributed by atoms with van der Waals surface area (Å²) in [4.78, 5) is 2.94. The molecule has 0 spiro atoms. The molecule has 66 valence electrons. The van der Waals surface area contributed by atoms with Crippen LogP contribution in [0.2, 0.25) is 0 Å². The van der Waals surface area contributed by atoms with Gasteiger partial charge in [-0.05, 0) is 12.1 Å². The van der Waals surface area contributed by atoms with Crippen molar-refractivity contribution < 1.29 is 18.3 Å². The third-order valence-corrected chi connectivity index (χ3v) is 1.29. The van der Waals surface area contributed by atoms with Crippen LogP contribution in [0.1, 0.15) is 5.69 Å². The minimum atomic E-state index is -3.47. The Morgan fingerprint density at radius 3 is 2.58 bits per heavy atom. The molecule has 1 rings (SSSR count). The Kier molecular flexibility index (Phi) is 2.32. The Morgan fingerprint density at radius 1 is 1.42 bits per heavy atom. The quantitative estimate of drug-likeness (QED) is 0.691. The highest BCUT2D eigenvalue weighted by atomic mass is 19.3. The molecule has 0 unspecified atom stereocenters. The fourth-order valence-corrected chi connectivity index (χ4v) is 0.693. The maximum absolute atomic E-state index is 12.6. The van der Waals surface area contributed by atoms with Gasteiger partial charge in [-0.2, -0.15) is 13.2 Å². The van der Waals surface area contributed by atoms with E-state index in [2.05, 4.69) is 4.98 Å². The van der Waals surface area contributed by atoms with Crippen LogP contribution in [0.3, 0.4) is 0 Å². The molecule has 0 bridgehead atoms. The number of hydrogen-bond donors (Lipinski definition) is 1. The summed E-state index contributed by atoms with van der Waals surface area (Å²) >= 11 is 0. The average Bonchev–Trinajstić information content (AvgIpc) is 2.05. The maximum Gasteiger partial charge on any atom is 0.312 e. The van der Waals surface area contributed by atoms with Crippen LogP contribution in [-0.4, -0.2) is 16.7 Å². The molecule has 0 fully saturated rings. The molecular weight excluding hydrogens is 171 g/mol. The summed E-state index contributed by atoms with van der Waals surface area (Å²) in [6, 6.07) is 3.03. The highest BCUT2D eigenvalue weighted by Gasteiger charge is 2.32. The summed E-state index contributed by atoms with van der Waals surface area (Å²) in [5, 5.41) is 8.23. The number of aromatic nitrogens is 1. The van der Waals surface area contributed by atoms with Crippen LogP contribution in [0, 0.1) is 5.95 Å². The number of aliphatic hydroxyl groups is 1. The molecular formula is C7H6F3NO. The lowest BCUT2D eigenvalue weighted by Gasteiger charge is -2.11. The molecule has 0 aliphatic rings. The first-order valence-electron chi connectivity index (χ1n) is 3.18. The van der Waals surface area contributed by atoms with Gasteiger partial charge in [0.15, 0.2) is 0 Å². The molecule has 0 aliphatic heterocycles. The Hall–Kier alpha value is -1.10. The van der Waals surface area contributed by atoms with E-state index in [1.807, 2.05) is 0 Å². The van der Waals surface area contributed by atoms with Crippen molar-refractivity contribution in [3.63, 3.8) is 0 Å². The Morgan fingerprint density at radius 2 is 2.08 bits per heavy atom. The van der Waals surface area contributed by atoms with Gasteiger partial charge in [-0.15, -0.1) is 0 Å². The Balaban J connectivity index is 3.03. The van der Waals surface area contributed by atoms with Gasteiger partial charge >= 0.3 is 5.92 Å². The molecule has 1 N–H and O–H groups in total. The largest absolute Gasteiger partial charge is 0.390 e. The monoisotopic (exact) mass is 177 g/mol. The van der Waals surface area contributed by atoms with Gasteiger partial charge in [-0.3, -0.25) is 0 Å². The molecule has 0 atom stereocenters. The normalized spacial score (nSPS) is 11.7. The van der Waals surface area contributed by atoms with Crippen LogP contribution in [0.4, 0.5) is 13.2 Å². The molecule has 5 heteroatoms. The molecule has 1 aromatic rings. The average molecular weight is 177 g/mol. The number of aliphatic hydroxyl groups excluding tert-OH is 1. The molecule has 0 amide bonds. The van der Waals surface area contributed by atoms with Crippen LogP contribution in [0.25, 0.3) is 0 Å². The van der Waals surface area contributed by atoms with Gasteiger partial charge in [0.05, 0.1) is 0 Å². The smallest absolute Gasteiger partial charge is 0.312 e. The maximum atomic E-state index is 12.6. The highest BCUT2D eigenvalue weighted by Crippen LogP contribution is 2.24. The van der Waals surface area contributed by atoms with E-state index < -0.39 is 24.2 Å². The molecule has 0 saturated carbocycles. The van der Waals surface area contributed by atoms with Crippen molar-refractivity contribution in [1.82, 2.24) is 4.98 Å².